The minimum Gasteiger partial charge on any atom is -0.481 e. The van der Waals surface area contributed by atoms with Gasteiger partial charge in [0.1, 0.15) is 0 Å². The third-order valence-corrected chi connectivity index (χ3v) is 3.64. The molecule has 0 saturated heterocycles. The van der Waals surface area contributed by atoms with Crippen LogP contribution < -0.4 is 5.32 Å². The van der Waals surface area contributed by atoms with Gasteiger partial charge in [-0.15, -0.1) is 0 Å². The van der Waals surface area contributed by atoms with Crippen molar-refractivity contribution < 1.29 is 14.7 Å². The summed E-state index contributed by atoms with van der Waals surface area (Å²) in [6.07, 6.45) is -0.0421. The minimum absolute atomic E-state index is 0.0421. The van der Waals surface area contributed by atoms with Gasteiger partial charge in [-0.2, -0.15) is 0 Å². The van der Waals surface area contributed by atoms with Gasteiger partial charge in [0.15, 0.2) is 0 Å². The van der Waals surface area contributed by atoms with E-state index in [1.54, 1.807) is 4.90 Å². The van der Waals surface area contributed by atoms with Crippen molar-refractivity contribution in [1.29, 1.82) is 0 Å². The van der Waals surface area contributed by atoms with Crippen LogP contribution >= 0.6 is 0 Å². The molecule has 2 amide bonds. The van der Waals surface area contributed by atoms with Crippen molar-refractivity contribution in [1.82, 2.24) is 10.2 Å². The molecular weight excluding hydrogens is 256 g/mol. The number of nitrogens with one attached hydrogen (secondary N) is 1. The molecule has 20 heavy (non-hydrogen) atoms. The fraction of sp³-hybridized carbons (Fsp3) is 0.867. The van der Waals surface area contributed by atoms with Crippen LogP contribution in [0.2, 0.25) is 0 Å². The number of carbonyl (C=O) groups is 2. The first-order valence-electron chi connectivity index (χ1n) is 7.13. The Hall–Kier alpha value is -1.26. The van der Waals surface area contributed by atoms with Crippen molar-refractivity contribution in [3.05, 3.63) is 0 Å². The molecule has 0 aliphatic rings. The van der Waals surface area contributed by atoms with E-state index < -0.39 is 11.5 Å². The van der Waals surface area contributed by atoms with E-state index in [2.05, 4.69) is 33.0 Å². The van der Waals surface area contributed by atoms with Gasteiger partial charge < -0.3 is 15.3 Å². The van der Waals surface area contributed by atoms with Crippen LogP contribution in [0.3, 0.4) is 0 Å². The number of carboxylic acids is 1. The van der Waals surface area contributed by atoms with E-state index in [0.717, 1.165) is 0 Å². The summed E-state index contributed by atoms with van der Waals surface area (Å²) in [6, 6.07) is -0.199. The van der Waals surface area contributed by atoms with E-state index in [4.69, 9.17) is 5.11 Å². The third-order valence-electron chi connectivity index (χ3n) is 3.64. The van der Waals surface area contributed by atoms with Crippen molar-refractivity contribution in [2.45, 2.75) is 60.4 Å². The maximum absolute atomic E-state index is 12.3. The van der Waals surface area contributed by atoms with E-state index >= 15 is 0 Å². The number of hydrogen-bond donors (Lipinski definition) is 2. The summed E-state index contributed by atoms with van der Waals surface area (Å²) in [7, 11) is 0. The van der Waals surface area contributed by atoms with Gasteiger partial charge >= 0.3 is 12.0 Å². The van der Waals surface area contributed by atoms with Crippen LogP contribution in [0.4, 0.5) is 4.79 Å². The molecule has 1 atom stereocenters. The van der Waals surface area contributed by atoms with Crippen molar-refractivity contribution in [3.63, 3.8) is 0 Å². The van der Waals surface area contributed by atoms with E-state index in [0.29, 0.717) is 12.5 Å². The average molecular weight is 286 g/mol. The summed E-state index contributed by atoms with van der Waals surface area (Å²) in [5.74, 6) is -0.553. The Bertz CT molecular complexity index is 340. The van der Waals surface area contributed by atoms with Gasteiger partial charge in [0.2, 0.25) is 0 Å². The number of aliphatic carboxylic acids is 1. The molecular formula is C15H30N2O3. The highest BCUT2D eigenvalue weighted by Crippen LogP contribution is 2.24. The maximum Gasteiger partial charge on any atom is 0.317 e. The molecule has 5 nitrogen and oxygen atoms in total. The molecule has 118 valence electrons. The van der Waals surface area contributed by atoms with Crippen LogP contribution in [0.25, 0.3) is 0 Å². The lowest BCUT2D eigenvalue weighted by Crippen LogP contribution is -2.52. The fourth-order valence-electron chi connectivity index (χ4n) is 1.59. The zero-order chi connectivity index (χ0) is 16.1. The Morgan fingerprint density at radius 2 is 1.65 bits per heavy atom. The Kier molecular flexibility index (Phi) is 6.51. The molecule has 0 bridgehead atoms. The van der Waals surface area contributed by atoms with Gasteiger partial charge in [0, 0.05) is 18.6 Å². The minimum atomic E-state index is -0.893. The lowest BCUT2D eigenvalue weighted by atomic mass is 9.82. The maximum atomic E-state index is 12.3. The molecule has 0 spiro atoms. The SMILES string of the molecule is CC(CNC(=O)N(CCC(=O)O)C(C)(C)C)C(C)(C)C. The largest absolute Gasteiger partial charge is 0.481 e. The monoisotopic (exact) mass is 286 g/mol. The highest BCUT2D eigenvalue weighted by Gasteiger charge is 2.28. The number of carbonyl (C=O) groups excluding carboxylic acids is 1. The smallest absolute Gasteiger partial charge is 0.317 e. The average Bonchev–Trinajstić information content (AvgIpc) is 2.22. The number of amides is 2. The summed E-state index contributed by atoms with van der Waals surface area (Å²) in [4.78, 5) is 24.5. The Balaban J connectivity index is 4.61. The van der Waals surface area contributed by atoms with Crippen molar-refractivity contribution in [2.75, 3.05) is 13.1 Å². The molecule has 2 N–H and O–H groups in total. The molecule has 0 aromatic heterocycles. The first kappa shape index (κ1) is 18.7. The second-order valence-corrected chi connectivity index (χ2v) is 7.42. The predicted molar refractivity (Wildman–Crippen MR) is 80.7 cm³/mol. The van der Waals surface area contributed by atoms with Crippen LogP contribution in [0, 0.1) is 11.3 Å². The van der Waals surface area contributed by atoms with Crippen LogP contribution in [0.15, 0.2) is 0 Å². The van der Waals surface area contributed by atoms with Gasteiger partial charge in [-0.3, -0.25) is 4.79 Å². The lowest BCUT2D eigenvalue weighted by Gasteiger charge is -2.36. The van der Waals surface area contributed by atoms with E-state index in [1.807, 2.05) is 20.8 Å². The molecule has 0 heterocycles. The van der Waals surface area contributed by atoms with E-state index in [9.17, 15) is 9.59 Å². The summed E-state index contributed by atoms with van der Waals surface area (Å²) in [6.45, 7) is 15.0. The molecule has 0 fully saturated rings. The van der Waals surface area contributed by atoms with Crippen LogP contribution in [-0.2, 0) is 4.79 Å². The van der Waals surface area contributed by atoms with Gasteiger partial charge in [-0.25, -0.2) is 4.79 Å². The molecule has 0 aliphatic heterocycles. The fourth-order valence-corrected chi connectivity index (χ4v) is 1.59. The van der Waals surface area contributed by atoms with E-state index in [-0.39, 0.29) is 24.4 Å². The van der Waals surface area contributed by atoms with Gasteiger partial charge in [-0.1, -0.05) is 27.7 Å². The number of carboxylic acid groups (broad SMARTS) is 1. The molecule has 0 aromatic carbocycles. The first-order chi connectivity index (χ1) is 8.85. The second kappa shape index (κ2) is 6.95. The van der Waals surface area contributed by atoms with Crippen LogP contribution in [-0.4, -0.2) is 40.6 Å². The van der Waals surface area contributed by atoms with Crippen molar-refractivity contribution in [3.8, 4) is 0 Å². The zero-order valence-electron chi connectivity index (χ0n) is 13.9. The third kappa shape index (κ3) is 6.78. The van der Waals surface area contributed by atoms with Gasteiger partial charge in [0.25, 0.3) is 0 Å². The molecule has 0 rings (SSSR count). The highest BCUT2D eigenvalue weighted by molar-refractivity contribution is 5.76. The Morgan fingerprint density at radius 1 is 1.15 bits per heavy atom. The predicted octanol–water partition coefficient (Wildman–Crippen LogP) is 2.95. The lowest BCUT2D eigenvalue weighted by molar-refractivity contribution is -0.137. The van der Waals surface area contributed by atoms with Crippen LogP contribution in [0.5, 0.6) is 0 Å². The summed E-state index contributed by atoms with van der Waals surface area (Å²) in [5, 5.41) is 11.7. The van der Waals surface area contributed by atoms with Gasteiger partial charge in [-0.05, 0) is 32.1 Å². The molecule has 0 radical (unpaired) electrons. The number of nitrogens with zero attached hydrogens (tertiary/aromatic N) is 1. The topological polar surface area (TPSA) is 69.6 Å². The van der Waals surface area contributed by atoms with E-state index in [1.165, 1.54) is 0 Å². The normalized spacial score (nSPS) is 13.8. The van der Waals surface area contributed by atoms with Crippen molar-refractivity contribution in [2.24, 2.45) is 11.3 Å². The summed E-state index contributed by atoms with van der Waals surface area (Å²) < 4.78 is 0. The Labute approximate surface area is 122 Å². The standard InChI is InChI=1S/C15H30N2O3/c1-11(14(2,3)4)10-16-13(20)17(15(5,6)7)9-8-12(18)19/h11H,8-10H2,1-7H3,(H,16,20)(H,18,19). The zero-order valence-corrected chi connectivity index (χ0v) is 13.9. The summed E-state index contributed by atoms with van der Waals surface area (Å²) >= 11 is 0. The highest BCUT2D eigenvalue weighted by atomic mass is 16.4. The van der Waals surface area contributed by atoms with Crippen molar-refractivity contribution >= 4 is 12.0 Å². The Morgan fingerprint density at radius 3 is 2.00 bits per heavy atom. The molecule has 0 saturated carbocycles. The molecule has 0 aromatic rings. The molecule has 0 aliphatic carbocycles. The number of hydrogen-bond acceptors (Lipinski definition) is 2. The van der Waals surface area contributed by atoms with Gasteiger partial charge in [0.05, 0.1) is 6.42 Å². The number of urea groups is 1. The second-order valence-electron chi connectivity index (χ2n) is 7.42. The quantitative estimate of drug-likeness (QED) is 0.816. The molecule has 1 unspecified atom stereocenters. The summed E-state index contributed by atoms with van der Waals surface area (Å²) in [5.41, 5.74) is -0.272. The number of rotatable bonds is 5. The van der Waals surface area contributed by atoms with Crippen LogP contribution in [0.1, 0.15) is 54.9 Å². The first-order valence-corrected chi connectivity index (χ1v) is 7.13. The molecule has 5 heteroatoms.